The maximum Gasteiger partial charge on any atom is 0.200 e. The summed E-state index contributed by atoms with van der Waals surface area (Å²) >= 11 is 0. The summed E-state index contributed by atoms with van der Waals surface area (Å²) in [6.45, 7) is 8.34. The lowest BCUT2D eigenvalue weighted by Crippen LogP contribution is -2.45. The second-order valence-corrected chi connectivity index (χ2v) is 5.37. The molecule has 0 saturated carbocycles. The maximum atomic E-state index is 5.70. The van der Waals surface area contributed by atoms with Crippen molar-refractivity contribution in [2.24, 2.45) is 0 Å². The average Bonchev–Trinajstić information content (AvgIpc) is 2.82. The first kappa shape index (κ1) is 11.3. The second kappa shape index (κ2) is 4.37. The number of ether oxygens (including phenoxy) is 2. The van der Waals surface area contributed by atoms with Crippen molar-refractivity contribution in [2.75, 3.05) is 13.1 Å². The minimum absolute atomic E-state index is 0.0491. The van der Waals surface area contributed by atoms with Crippen molar-refractivity contribution in [3.63, 3.8) is 0 Å². The van der Waals surface area contributed by atoms with E-state index in [1.165, 1.54) is 12.8 Å². The first-order chi connectivity index (χ1) is 7.04. The molecule has 0 radical (unpaired) electrons. The van der Waals surface area contributed by atoms with Gasteiger partial charge in [0.1, 0.15) is 0 Å². The fourth-order valence-corrected chi connectivity index (χ4v) is 1.88. The molecule has 2 heterocycles. The van der Waals surface area contributed by atoms with Crippen molar-refractivity contribution in [3.8, 4) is 0 Å². The third-order valence-corrected chi connectivity index (χ3v) is 2.62. The standard InChI is InChI=1S/C11H22N2O2/c1-11(2,3)15-10-9(14-10)13-8-5-4-6-12-7-8/h8-10,12-13H,4-7H2,1-3H3/t8-,9?,10?/m1/s1. The Bertz CT molecular complexity index is 209. The van der Waals surface area contributed by atoms with Crippen LogP contribution in [0.2, 0.25) is 0 Å². The molecule has 0 bridgehead atoms. The molecule has 2 unspecified atom stereocenters. The molecule has 2 rings (SSSR count). The number of rotatable bonds is 3. The van der Waals surface area contributed by atoms with Gasteiger partial charge >= 0.3 is 0 Å². The van der Waals surface area contributed by atoms with E-state index in [2.05, 4.69) is 10.6 Å². The van der Waals surface area contributed by atoms with Gasteiger partial charge in [-0.05, 0) is 40.2 Å². The van der Waals surface area contributed by atoms with Gasteiger partial charge in [0.2, 0.25) is 0 Å². The topological polar surface area (TPSA) is 45.8 Å². The molecule has 0 aliphatic carbocycles. The summed E-state index contributed by atoms with van der Waals surface area (Å²) in [5, 5.41) is 6.83. The Morgan fingerprint density at radius 2 is 2.20 bits per heavy atom. The molecule has 15 heavy (non-hydrogen) atoms. The zero-order valence-corrected chi connectivity index (χ0v) is 9.88. The average molecular weight is 214 g/mol. The molecule has 0 spiro atoms. The first-order valence-electron chi connectivity index (χ1n) is 5.85. The highest BCUT2D eigenvalue weighted by Gasteiger charge is 2.43. The van der Waals surface area contributed by atoms with Crippen LogP contribution in [0.15, 0.2) is 0 Å². The predicted molar refractivity (Wildman–Crippen MR) is 58.5 cm³/mol. The maximum absolute atomic E-state index is 5.70. The second-order valence-electron chi connectivity index (χ2n) is 5.37. The summed E-state index contributed by atoms with van der Waals surface area (Å²) in [5.41, 5.74) is -0.119. The predicted octanol–water partition coefficient (Wildman–Crippen LogP) is 0.826. The Hall–Kier alpha value is -0.160. The van der Waals surface area contributed by atoms with E-state index < -0.39 is 0 Å². The summed E-state index contributed by atoms with van der Waals surface area (Å²) in [6, 6.07) is 0.539. The highest BCUT2D eigenvalue weighted by atomic mass is 16.8. The van der Waals surface area contributed by atoms with Crippen LogP contribution in [0.3, 0.4) is 0 Å². The summed E-state index contributed by atoms with van der Waals surface area (Å²) < 4.78 is 11.1. The van der Waals surface area contributed by atoms with Gasteiger partial charge in [0.25, 0.3) is 0 Å². The van der Waals surface area contributed by atoms with E-state index in [1.54, 1.807) is 0 Å². The zero-order chi connectivity index (χ0) is 10.9. The van der Waals surface area contributed by atoms with Gasteiger partial charge in [-0.15, -0.1) is 0 Å². The molecule has 3 atom stereocenters. The lowest BCUT2D eigenvalue weighted by atomic mass is 10.1. The van der Waals surface area contributed by atoms with Gasteiger partial charge < -0.3 is 14.8 Å². The van der Waals surface area contributed by atoms with Crippen molar-refractivity contribution in [2.45, 2.75) is 57.8 Å². The van der Waals surface area contributed by atoms with Crippen LogP contribution in [0.25, 0.3) is 0 Å². The monoisotopic (exact) mass is 214 g/mol. The van der Waals surface area contributed by atoms with Gasteiger partial charge in [0, 0.05) is 12.6 Å². The van der Waals surface area contributed by atoms with E-state index in [4.69, 9.17) is 9.47 Å². The van der Waals surface area contributed by atoms with Gasteiger partial charge in [-0.1, -0.05) is 0 Å². The van der Waals surface area contributed by atoms with Crippen molar-refractivity contribution >= 4 is 0 Å². The molecular weight excluding hydrogens is 192 g/mol. The Morgan fingerprint density at radius 3 is 2.80 bits per heavy atom. The quantitative estimate of drug-likeness (QED) is 0.683. The highest BCUT2D eigenvalue weighted by Crippen LogP contribution is 2.26. The van der Waals surface area contributed by atoms with Crippen LogP contribution < -0.4 is 10.6 Å². The SMILES string of the molecule is CC(C)(C)OC1OC1N[C@@H]1CCCNC1. The number of piperidine rings is 1. The molecule has 2 aliphatic rings. The molecule has 4 heteroatoms. The van der Waals surface area contributed by atoms with E-state index in [0.29, 0.717) is 6.04 Å². The van der Waals surface area contributed by atoms with Crippen LogP contribution in [0.4, 0.5) is 0 Å². The van der Waals surface area contributed by atoms with Crippen molar-refractivity contribution in [1.82, 2.24) is 10.6 Å². The Balaban J connectivity index is 1.66. The molecular formula is C11H22N2O2. The number of epoxide rings is 1. The first-order valence-corrected chi connectivity index (χ1v) is 5.85. The van der Waals surface area contributed by atoms with Crippen LogP contribution in [0.1, 0.15) is 33.6 Å². The third-order valence-electron chi connectivity index (χ3n) is 2.62. The number of hydrogen-bond donors (Lipinski definition) is 2. The molecule has 0 aromatic heterocycles. The molecule has 0 amide bonds. The van der Waals surface area contributed by atoms with E-state index >= 15 is 0 Å². The fraction of sp³-hybridized carbons (Fsp3) is 1.00. The normalized spacial score (nSPS) is 36.6. The molecule has 2 saturated heterocycles. The molecule has 4 nitrogen and oxygen atoms in total. The van der Waals surface area contributed by atoms with Crippen LogP contribution in [0.5, 0.6) is 0 Å². The molecule has 88 valence electrons. The van der Waals surface area contributed by atoms with Crippen LogP contribution in [-0.4, -0.2) is 37.3 Å². The molecule has 0 aromatic carbocycles. The van der Waals surface area contributed by atoms with Gasteiger partial charge in [-0.2, -0.15) is 0 Å². The molecule has 2 fully saturated rings. The van der Waals surface area contributed by atoms with Crippen LogP contribution >= 0.6 is 0 Å². The lowest BCUT2D eigenvalue weighted by Gasteiger charge is -2.23. The number of nitrogens with one attached hydrogen (secondary N) is 2. The van der Waals surface area contributed by atoms with Crippen LogP contribution in [0, 0.1) is 0 Å². The molecule has 0 aromatic rings. The third kappa shape index (κ3) is 3.72. The summed E-state index contributed by atoms with van der Waals surface area (Å²) in [6.07, 6.45) is 2.53. The summed E-state index contributed by atoms with van der Waals surface area (Å²) in [5.74, 6) is 0. The molecule has 2 N–H and O–H groups in total. The Labute approximate surface area is 91.7 Å². The largest absolute Gasteiger partial charge is 0.343 e. The number of hydrogen-bond acceptors (Lipinski definition) is 4. The van der Waals surface area contributed by atoms with Gasteiger partial charge in [0.05, 0.1) is 5.60 Å². The Kier molecular flexibility index (Phi) is 3.30. The van der Waals surface area contributed by atoms with Gasteiger partial charge in [0.15, 0.2) is 12.5 Å². The van der Waals surface area contributed by atoms with Crippen molar-refractivity contribution < 1.29 is 9.47 Å². The smallest absolute Gasteiger partial charge is 0.200 e. The minimum Gasteiger partial charge on any atom is -0.343 e. The van der Waals surface area contributed by atoms with E-state index in [-0.39, 0.29) is 18.1 Å². The van der Waals surface area contributed by atoms with E-state index in [0.717, 1.165) is 13.1 Å². The molecule has 2 aliphatic heterocycles. The Morgan fingerprint density at radius 1 is 1.40 bits per heavy atom. The lowest BCUT2D eigenvalue weighted by molar-refractivity contribution is -0.0571. The van der Waals surface area contributed by atoms with E-state index in [1.807, 2.05) is 20.8 Å². The van der Waals surface area contributed by atoms with Gasteiger partial charge in [-0.3, -0.25) is 5.32 Å². The summed E-state index contributed by atoms with van der Waals surface area (Å²) in [4.78, 5) is 0. The van der Waals surface area contributed by atoms with Crippen molar-refractivity contribution in [3.05, 3.63) is 0 Å². The summed E-state index contributed by atoms with van der Waals surface area (Å²) in [7, 11) is 0. The van der Waals surface area contributed by atoms with Crippen molar-refractivity contribution in [1.29, 1.82) is 0 Å². The van der Waals surface area contributed by atoms with Crippen LogP contribution in [-0.2, 0) is 9.47 Å². The van der Waals surface area contributed by atoms with Gasteiger partial charge in [-0.25, -0.2) is 0 Å². The minimum atomic E-state index is -0.119. The zero-order valence-electron chi connectivity index (χ0n) is 9.88. The fourth-order valence-electron chi connectivity index (χ4n) is 1.88. The van der Waals surface area contributed by atoms with E-state index in [9.17, 15) is 0 Å². The highest BCUT2D eigenvalue weighted by molar-refractivity contribution is 4.84.